The van der Waals surface area contributed by atoms with Crippen molar-refractivity contribution < 1.29 is 1.43 Å². The molecule has 0 bridgehead atoms. The molecule has 1 N–H and O–H groups in total. The molecule has 0 saturated carbocycles. The Bertz CT molecular complexity index is 573. The Morgan fingerprint density at radius 1 is 1.33 bits per heavy atom. The molecule has 0 amide bonds. The third-order valence-electron chi connectivity index (χ3n) is 2.81. The molecule has 0 saturated heterocycles. The first-order valence-corrected chi connectivity index (χ1v) is 6.86. The Morgan fingerprint density at radius 2 is 2.33 bits per heavy atom. The van der Waals surface area contributed by atoms with E-state index in [1.165, 1.54) is 15.4 Å². The Kier molecular flexibility index (Phi) is 3.33. The highest BCUT2D eigenvalue weighted by Gasteiger charge is 2.13. The molecule has 0 radical (unpaired) electrons. The van der Waals surface area contributed by atoms with E-state index < -0.39 is 0 Å². The van der Waals surface area contributed by atoms with Gasteiger partial charge in [-0.15, -0.1) is 0 Å². The van der Waals surface area contributed by atoms with Gasteiger partial charge in [-0.1, -0.05) is 42.1 Å². The monoisotopic (exact) mass is 256 g/mol. The summed E-state index contributed by atoms with van der Waals surface area (Å²) in [7, 11) is 0. The van der Waals surface area contributed by atoms with Crippen LogP contribution < -0.4 is 5.32 Å². The molecule has 92 valence electrons. The normalized spacial score (nSPS) is 17.3. The lowest BCUT2D eigenvalue weighted by Gasteiger charge is -2.17. The van der Waals surface area contributed by atoms with Gasteiger partial charge in [-0.2, -0.15) is 0 Å². The summed E-state index contributed by atoms with van der Waals surface area (Å²) in [4.78, 5) is 6.92. The van der Waals surface area contributed by atoms with Crippen LogP contribution in [0.5, 0.6) is 0 Å². The fraction of sp³-hybridized carbons (Fsp3) is 0.133. The molecule has 0 unspecified atom stereocenters. The predicted molar refractivity (Wildman–Crippen MR) is 81.4 cm³/mol. The zero-order chi connectivity index (χ0) is 12.2. The van der Waals surface area contributed by atoms with Gasteiger partial charge in [0.1, 0.15) is 5.82 Å². The Hall–Kier alpha value is -1.74. The van der Waals surface area contributed by atoms with Gasteiger partial charge in [0, 0.05) is 29.5 Å². The molecule has 3 heteroatoms. The van der Waals surface area contributed by atoms with Crippen LogP contribution in [0.3, 0.4) is 0 Å². The number of hydrogen-bond acceptors (Lipinski definition) is 3. The minimum absolute atomic E-state index is 0. The fourth-order valence-electron chi connectivity index (χ4n) is 1.95. The highest BCUT2D eigenvalue weighted by atomic mass is 32.2. The highest BCUT2D eigenvalue weighted by Crippen LogP contribution is 2.38. The summed E-state index contributed by atoms with van der Waals surface area (Å²) in [5, 5.41) is 3.29. The standard InChI is InChI=1S/C15H14N2S.H2/c1-2-4-7-12(6-3-1)18-14-9-11-17-15-13(14)8-5-10-16-15;/h1,3-10H,2,11H2,(H,16,17);1H. The average molecular weight is 256 g/mol. The van der Waals surface area contributed by atoms with Crippen LogP contribution in [0.1, 0.15) is 13.4 Å². The Balaban J connectivity index is 0.00000133. The van der Waals surface area contributed by atoms with E-state index in [0.29, 0.717) is 0 Å². The van der Waals surface area contributed by atoms with E-state index in [0.717, 1.165) is 18.8 Å². The summed E-state index contributed by atoms with van der Waals surface area (Å²) in [6.07, 6.45) is 15.9. The summed E-state index contributed by atoms with van der Waals surface area (Å²) >= 11 is 1.80. The first-order chi connectivity index (χ1) is 8.93. The van der Waals surface area contributed by atoms with Gasteiger partial charge in [-0.3, -0.25) is 0 Å². The van der Waals surface area contributed by atoms with Crippen molar-refractivity contribution in [2.45, 2.75) is 6.42 Å². The van der Waals surface area contributed by atoms with E-state index >= 15 is 0 Å². The van der Waals surface area contributed by atoms with E-state index in [1.54, 1.807) is 11.8 Å². The summed E-state index contributed by atoms with van der Waals surface area (Å²) in [5.74, 6) is 0.983. The number of aromatic nitrogens is 1. The van der Waals surface area contributed by atoms with Crippen LogP contribution in [0.15, 0.2) is 59.7 Å². The fourth-order valence-corrected chi connectivity index (χ4v) is 2.95. The zero-order valence-electron chi connectivity index (χ0n) is 9.97. The molecule has 3 rings (SSSR count). The highest BCUT2D eigenvalue weighted by molar-refractivity contribution is 8.12. The van der Waals surface area contributed by atoms with Gasteiger partial charge < -0.3 is 5.32 Å². The first-order valence-electron chi connectivity index (χ1n) is 6.04. The third kappa shape index (κ3) is 2.41. The lowest BCUT2D eigenvalue weighted by molar-refractivity contribution is 1.20. The van der Waals surface area contributed by atoms with Gasteiger partial charge in [0.15, 0.2) is 0 Å². The molecular formula is C15H16N2S. The van der Waals surface area contributed by atoms with Crippen LogP contribution >= 0.6 is 11.8 Å². The van der Waals surface area contributed by atoms with Crippen LogP contribution in [0.25, 0.3) is 4.91 Å². The van der Waals surface area contributed by atoms with Crippen molar-refractivity contribution in [2.24, 2.45) is 0 Å². The second-order valence-electron chi connectivity index (χ2n) is 4.09. The molecule has 1 aromatic heterocycles. The minimum atomic E-state index is 0. The molecule has 1 aliphatic heterocycles. The van der Waals surface area contributed by atoms with E-state index in [2.05, 4.69) is 52.8 Å². The van der Waals surface area contributed by atoms with Crippen LogP contribution in [-0.4, -0.2) is 11.5 Å². The van der Waals surface area contributed by atoms with Gasteiger partial charge in [0.2, 0.25) is 0 Å². The lowest BCUT2D eigenvalue weighted by Crippen LogP contribution is -2.08. The molecule has 0 fully saturated rings. The van der Waals surface area contributed by atoms with Gasteiger partial charge in [-0.25, -0.2) is 4.98 Å². The maximum Gasteiger partial charge on any atom is 0.134 e. The lowest BCUT2D eigenvalue weighted by atomic mass is 10.2. The van der Waals surface area contributed by atoms with E-state index in [-0.39, 0.29) is 1.43 Å². The summed E-state index contributed by atoms with van der Waals surface area (Å²) in [6, 6.07) is 4.10. The zero-order valence-corrected chi connectivity index (χ0v) is 10.8. The summed E-state index contributed by atoms with van der Waals surface area (Å²) < 4.78 is 0. The van der Waals surface area contributed by atoms with E-state index in [9.17, 15) is 0 Å². The Morgan fingerprint density at radius 3 is 3.33 bits per heavy atom. The molecular weight excluding hydrogens is 240 g/mol. The number of nitrogens with one attached hydrogen (secondary N) is 1. The molecule has 0 atom stereocenters. The van der Waals surface area contributed by atoms with Crippen molar-refractivity contribution in [3.8, 4) is 0 Å². The van der Waals surface area contributed by atoms with Gasteiger partial charge in [0.25, 0.3) is 0 Å². The second kappa shape index (κ2) is 5.27. The van der Waals surface area contributed by atoms with Gasteiger partial charge >= 0.3 is 0 Å². The topological polar surface area (TPSA) is 24.9 Å². The minimum Gasteiger partial charge on any atom is -0.366 e. The number of allylic oxidation sites excluding steroid dienone is 5. The SMILES string of the molecule is C1=CCC=CC(SC2=CCNc3ncccc32)=C1.[HH]. The molecule has 2 aliphatic rings. The van der Waals surface area contributed by atoms with Crippen molar-refractivity contribution in [1.29, 1.82) is 0 Å². The van der Waals surface area contributed by atoms with Crippen LogP contribution in [0, 0.1) is 0 Å². The van der Waals surface area contributed by atoms with E-state index in [4.69, 9.17) is 0 Å². The number of fused-ring (bicyclic) bond motifs is 1. The second-order valence-corrected chi connectivity index (χ2v) is 5.20. The third-order valence-corrected chi connectivity index (χ3v) is 3.92. The number of nitrogens with zero attached hydrogens (tertiary/aromatic N) is 1. The molecule has 0 aromatic carbocycles. The largest absolute Gasteiger partial charge is 0.366 e. The average Bonchev–Trinajstić information content (AvgIpc) is 2.68. The molecule has 1 aromatic rings. The number of hydrogen-bond donors (Lipinski definition) is 1. The molecule has 0 spiro atoms. The van der Waals surface area contributed by atoms with Crippen LogP contribution in [0.2, 0.25) is 0 Å². The first kappa shape index (κ1) is 11.4. The summed E-state index contributed by atoms with van der Waals surface area (Å²) in [5.41, 5.74) is 1.19. The number of rotatable bonds is 2. The molecule has 2 nitrogen and oxygen atoms in total. The predicted octanol–water partition coefficient (Wildman–Crippen LogP) is 4.23. The molecule has 2 heterocycles. The maximum absolute atomic E-state index is 4.36. The molecule has 1 aliphatic carbocycles. The van der Waals surface area contributed by atoms with Crippen LogP contribution in [-0.2, 0) is 0 Å². The van der Waals surface area contributed by atoms with Crippen molar-refractivity contribution in [3.05, 3.63) is 65.3 Å². The molecule has 18 heavy (non-hydrogen) atoms. The quantitative estimate of drug-likeness (QED) is 0.857. The number of thioether (sulfide) groups is 1. The van der Waals surface area contributed by atoms with Gasteiger partial charge in [0.05, 0.1) is 0 Å². The van der Waals surface area contributed by atoms with Crippen molar-refractivity contribution >= 4 is 22.5 Å². The smallest absolute Gasteiger partial charge is 0.134 e. The summed E-state index contributed by atoms with van der Waals surface area (Å²) in [6.45, 7) is 0.846. The number of anilines is 1. The van der Waals surface area contributed by atoms with Crippen molar-refractivity contribution in [1.82, 2.24) is 4.98 Å². The van der Waals surface area contributed by atoms with Crippen LogP contribution in [0.4, 0.5) is 5.82 Å². The maximum atomic E-state index is 4.36. The van der Waals surface area contributed by atoms with E-state index in [1.807, 2.05) is 12.3 Å². The Labute approximate surface area is 113 Å². The van der Waals surface area contributed by atoms with Crippen molar-refractivity contribution in [3.63, 3.8) is 0 Å². The van der Waals surface area contributed by atoms with Gasteiger partial charge in [-0.05, 0) is 24.6 Å². The number of pyridine rings is 1. The van der Waals surface area contributed by atoms with Crippen molar-refractivity contribution in [2.75, 3.05) is 11.9 Å².